The number of rotatable bonds is 4. The Bertz CT molecular complexity index is 825. The van der Waals surface area contributed by atoms with Crippen LogP contribution in [0.5, 0.6) is 0 Å². The smallest absolute Gasteiger partial charge is 0.246 e. The van der Waals surface area contributed by atoms with E-state index in [1.807, 2.05) is 11.1 Å². The predicted octanol–water partition coefficient (Wildman–Crippen LogP) is 3.29. The van der Waals surface area contributed by atoms with E-state index in [4.69, 9.17) is 4.74 Å². The normalized spacial score (nSPS) is 24.1. The number of amides is 1. The lowest BCUT2D eigenvalue weighted by Gasteiger charge is -2.37. The standard InChI is InChI=1S/C21H28N4O2/c1-3-19(26)25-12-14(2)10-16(13-25)24-18-4-7-22-21-20(18)17(11-23-21)15-5-8-27-9-6-15/h3-4,7,11,14-16H,1,5-6,8-10,12-13H2,2H3,(H2,22,23,24)/t14-,16+/m0/s1. The molecule has 2 aliphatic rings. The van der Waals surface area contributed by atoms with Gasteiger partial charge in [0.25, 0.3) is 0 Å². The minimum Gasteiger partial charge on any atom is -0.381 e. The molecule has 0 bridgehead atoms. The molecule has 2 aliphatic heterocycles. The fourth-order valence-electron chi connectivity index (χ4n) is 4.52. The zero-order valence-corrected chi connectivity index (χ0v) is 15.9. The van der Waals surface area contributed by atoms with Crippen molar-refractivity contribution in [1.82, 2.24) is 14.9 Å². The van der Waals surface area contributed by atoms with Crippen molar-refractivity contribution in [3.05, 3.63) is 36.7 Å². The number of carbonyl (C=O) groups excluding carboxylic acids is 1. The molecule has 0 aromatic carbocycles. The van der Waals surface area contributed by atoms with Crippen LogP contribution in [0.25, 0.3) is 11.0 Å². The molecule has 2 saturated heterocycles. The zero-order chi connectivity index (χ0) is 18.8. The van der Waals surface area contributed by atoms with Gasteiger partial charge in [0.1, 0.15) is 5.65 Å². The van der Waals surface area contributed by atoms with Gasteiger partial charge in [0.15, 0.2) is 0 Å². The zero-order valence-electron chi connectivity index (χ0n) is 15.9. The summed E-state index contributed by atoms with van der Waals surface area (Å²) in [6.07, 6.45) is 8.49. The van der Waals surface area contributed by atoms with Crippen molar-refractivity contribution >= 4 is 22.6 Å². The first kappa shape index (κ1) is 18.0. The molecular formula is C21H28N4O2. The van der Waals surface area contributed by atoms with Crippen LogP contribution in [-0.4, -0.2) is 53.1 Å². The molecule has 1 amide bonds. The molecule has 0 radical (unpaired) electrons. The van der Waals surface area contributed by atoms with Crippen molar-refractivity contribution in [3.63, 3.8) is 0 Å². The van der Waals surface area contributed by atoms with Crippen molar-refractivity contribution < 1.29 is 9.53 Å². The first-order valence-electron chi connectivity index (χ1n) is 9.87. The fraction of sp³-hybridized carbons (Fsp3) is 0.524. The lowest BCUT2D eigenvalue weighted by Crippen LogP contribution is -2.47. The van der Waals surface area contributed by atoms with Crippen LogP contribution in [-0.2, 0) is 9.53 Å². The molecule has 4 rings (SSSR count). The van der Waals surface area contributed by atoms with E-state index < -0.39 is 0 Å². The van der Waals surface area contributed by atoms with Gasteiger partial charge in [0.05, 0.1) is 0 Å². The highest BCUT2D eigenvalue weighted by Gasteiger charge is 2.28. The summed E-state index contributed by atoms with van der Waals surface area (Å²) in [7, 11) is 0. The van der Waals surface area contributed by atoms with Crippen LogP contribution in [0.1, 0.15) is 37.7 Å². The number of aromatic nitrogens is 2. The Morgan fingerprint density at radius 2 is 2.22 bits per heavy atom. The largest absolute Gasteiger partial charge is 0.381 e. The third-order valence-electron chi connectivity index (χ3n) is 5.77. The SMILES string of the molecule is C=CC(=O)N1C[C@@H](C)C[C@@H](Nc2ccnc3[nH]cc(C4CCOCC4)c23)C1. The summed E-state index contributed by atoms with van der Waals surface area (Å²) in [5.74, 6) is 0.970. The molecule has 2 fully saturated rings. The van der Waals surface area contributed by atoms with E-state index in [9.17, 15) is 4.79 Å². The monoisotopic (exact) mass is 368 g/mol. The Labute approximate surface area is 160 Å². The molecule has 2 aromatic rings. The highest BCUT2D eigenvalue weighted by atomic mass is 16.5. The van der Waals surface area contributed by atoms with Gasteiger partial charge in [-0.1, -0.05) is 13.5 Å². The fourth-order valence-corrected chi connectivity index (χ4v) is 4.52. The number of H-pyrrole nitrogens is 1. The van der Waals surface area contributed by atoms with Crippen LogP contribution in [0.15, 0.2) is 31.1 Å². The van der Waals surface area contributed by atoms with Gasteiger partial charge in [-0.05, 0) is 48.8 Å². The summed E-state index contributed by atoms with van der Waals surface area (Å²) in [4.78, 5) is 21.8. The number of fused-ring (bicyclic) bond motifs is 1. The Kier molecular flexibility index (Phi) is 5.16. The number of aromatic amines is 1. The molecule has 0 aliphatic carbocycles. The Morgan fingerprint density at radius 1 is 1.41 bits per heavy atom. The molecule has 0 saturated carbocycles. The van der Waals surface area contributed by atoms with Crippen molar-refractivity contribution in [1.29, 1.82) is 0 Å². The highest BCUT2D eigenvalue weighted by molar-refractivity contribution is 5.93. The van der Waals surface area contributed by atoms with Gasteiger partial charge in [0.2, 0.25) is 5.91 Å². The first-order valence-corrected chi connectivity index (χ1v) is 9.87. The summed E-state index contributed by atoms with van der Waals surface area (Å²) in [5.41, 5.74) is 3.35. The molecule has 0 unspecified atom stereocenters. The molecule has 6 nitrogen and oxygen atoms in total. The summed E-state index contributed by atoms with van der Waals surface area (Å²) < 4.78 is 5.53. The number of hydrogen-bond donors (Lipinski definition) is 2. The molecule has 6 heteroatoms. The second-order valence-corrected chi connectivity index (χ2v) is 7.84. The van der Waals surface area contributed by atoms with Crippen molar-refractivity contribution in [2.75, 3.05) is 31.6 Å². The maximum Gasteiger partial charge on any atom is 0.246 e. The topological polar surface area (TPSA) is 70.2 Å². The number of likely N-dealkylation sites (tertiary alicyclic amines) is 1. The second-order valence-electron chi connectivity index (χ2n) is 7.84. The van der Waals surface area contributed by atoms with Crippen molar-refractivity contribution in [2.24, 2.45) is 5.92 Å². The van der Waals surface area contributed by atoms with Gasteiger partial charge in [0, 0.05) is 55.8 Å². The third kappa shape index (κ3) is 3.72. The Balaban J connectivity index is 1.60. The molecule has 4 heterocycles. The second kappa shape index (κ2) is 7.72. The van der Waals surface area contributed by atoms with Crippen LogP contribution in [0.3, 0.4) is 0 Å². The van der Waals surface area contributed by atoms with E-state index in [0.717, 1.165) is 50.4 Å². The van der Waals surface area contributed by atoms with Crippen LogP contribution < -0.4 is 5.32 Å². The van der Waals surface area contributed by atoms with Gasteiger partial charge in [-0.25, -0.2) is 4.98 Å². The summed E-state index contributed by atoms with van der Waals surface area (Å²) >= 11 is 0. The number of ether oxygens (including phenoxy) is 1. The van der Waals surface area contributed by atoms with Gasteiger partial charge in [-0.2, -0.15) is 0 Å². The quantitative estimate of drug-likeness (QED) is 0.813. The van der Waals surface area contributed by atoms with Crippen LogP contribution in [0.4, 0.5) is 5.69 Å². The van der Waals surface area contributed by atoms with Gasteiger partial charge < -0.3 is 19.9 Å². The number of nitrogens with one attached hydrogen (secondary N) is 2. The van der Waals surface area contributed by atoms with Gasteiger partial charge in [-0.3, -0.25) is 4.79 Å². The maximum atomic E-state index is 12.1. The van der Waals surface area contributed by atoms with E-state index in [-0.39, 0.29) is 11.9 Å². The van der Waals surface area contributed by atoms with Gasteiger partial charge >= 0.3 is 0 Å². The van der Waals surface area contributed by atoms with Crippen molar-refractivity contribution in [2.45, 2.75) is 38.1 Å². The third-order valence-corrected chi connectivity index (χ3v) is 5.77. The Hall–Kier alpha value is -2.34. The van der Waals surface area contributed by atoms with E-state index in [1.165, 1.54) is 17.0 Å². The number of hydrogen-bond acceptors (Lipinski definition) is 4. The maximum absolute atomic E-state index is 12.1. The average molecular weight is 368 g/mol. The van der Waals surface area contributed by atoms with E-state index in [1.54, 1.807) is 0 Å². The number of pyridine rings is 1. The van der Waals surface area contributed by atoms with Crippen LogP contribution in [0, 0.1) is 5.92 Å². The summed E-state index contributed by atoms with van der Waals surface area (Å²) in [6.45, 7) is 8.97. The average Bonchev–Trinajstić information content (AvgIpc) is 3.13. The molecule has 144 valence electrons. The molecule has 2 aromatic heterocycles. The number of anilines is 1. The van der Waals surface area contributed by atoms with Gasteiger partial charge in [-0.15, -0.1) is 0 Å². The molecule has 27 heavy (non-hydrogen) atoms. The first-order chi connectivity index (χ1) is 13.2. The van der Waals surface area contributed by atoms with Crippen LogP contribution in [0.2, 0.25) is 0 Å². The minimum absolute atomic E-state index is 0.0118. The number of nitrogens with zero attached hydrogens (tertiary/aromatic N) is 2. The predicted molar refractivity (Wildman–Crippen MR) is 107 cm³/mol. The lowest BCUT2D eigenvalue weighted by molar-refractivity contribution is -0.127. The van der Waals surface area contributed by atoms with E-state index in [0.29, 0.717) is 18.4 Å². The lowest BCUT2D eigenvalue weighted by atomic mass is 9.91. The molecule has 2 N–H and O–H groups in total. The summed E-state index contributed by atoms with van der Waals surface area (Å²) in [6, 6.07) is 2.28. The molecular weight excluding hydrogens is 340 g/mol. The number of piperidine rings is 1. The van der Waals surface area contributed by atoms with E-state index >= 15 is 0 Å². The minimum atomic E-state index is 0.0118. The number of carbonyl (C=O) groups is 1. The van der Waals surface area contributed by atoms with Crippen LogP contribution >= 0.6 is 0 Å². The van der Waals surface area contributed by atoms with E-state index in [2.05, 4.69) is 41.1 Å². The van der Waals surface area contributed by atoms with Crippen molar-refractivity contribution in [3.8, 4) is 0 Å². The molecule has 0 spiro atoms. The highest BCUT2D eigenvalue weighted by Crippen LogP contribution is 2.36. The Morgan fingerprint density at radius 3 is 3.00 bits per heavy atom. The summed E-state index contributed by atoms with van der Waals surface area (Å²) in [5, 5.41) is 4.89. The molecule has 2 atom stereocenters.